The van der Waals surface area contributed by atoms with Crippen molar-refractivity contribution in [1.29, 1.82) is 5.26 Å². The molecule has 2 heterocycles. The summed E-state index contributed by atoms with van der Waals surface area (Å²) in [5.41, 5.74) is -0.123. The fourth-order valence-electron chi connectivity index (χ4n) is 2.61. The van der Waals surface area contributed by atoms with Gasteiger partial charge in [0.15, 0.2) is 0 Å². The smallest absolute Gasteiger partial charge is 0.421 e. The summed E-state index contributed by atoms with van der Waals surface area (Å²) in [5, 5.41) is 20.0. The molecule has 1 N–H and O–H groups in total. The molecule has 0 unspecified atom stereocenters. The Morgan fingerprint density at radius 1 is 1.41 bits per heavy atom. The molecular formula is C19H15BrFN3O3. The number of hydrogen-bond acceptors (Lipinski definition) is 5. The lowest BCUT2D eigenvalue weighted by atomic mass is 10.0. The molecule has 3 rings (SSSR count). The minimum Gasteiger partial charge on any atom is -0.494 e. The number of fused-ring (bicyclic) bond motifs is 1. The minimum atomic E-state index is -0.768. The monoisotopic (exact) mass is 431 g/mol. The topological polar surface area (TPSA) is 88.1 Å². The zero-order valence-corrected chi connectivity index (χ0v) is 16.3. The Balaban J connectivity index is 2.20. The van der Waals surface area contributed by atoms with Crippen LogP contribution in [0, 0.1) is 17.1 Å². The van der Waals surface area contributed by atoms with Gasteiger partial charge in [-0.25, -0.2) is 18.7 Å². The van der Waals surface area contributed by atoms with Crippen molar-refractivity contribution in [1.82, 2.24) is 9.55 Å². The van der Waals surface area contributed by atoms with Gasteiger partial charge in [0.2, 0.25) is 5.88 Å². The summed E-state index contributed by atoms with van der Waals surface area (Å²) in [7, 11) is 0. The molecule has 0 saturated heterocycles. The van der Waals surface area contributed by atoms with Crippen LogP contribution < -0.4 is 0 Å². The molecule has 0 bridgehead atoms. The third-order valence-electron chi connectivity index (χ3n) is 3.68. The van der Waals surface area contributed by atoms with Gasteiger partial charge in [-0.15, -0.1) is 0 Å². The van der Waals surface area contributed by atoms with E-state index < -0.39 is 17.5 Å². The van der Waals surface area contributed by atoms with Crippen LogP contribution in [0.25, 0.3) is 22.2 Å². The van der Waals surface area contributed by atoms with E-state index in [2.05, 4.69) is 20.9 Å². The number of halogens is 2. The Labute approximate surface area is 162 Å². The van der Waals surface area contributed by atoms with E-state index in [0.717, 1.165) is 4.57 Å². The molecule has 6 nitrogen and oxygen atoms in total. The highest BCUT2D eigenvalue weighted by Crippen LogP contribution is 2.37. The normalized spacial score (nSPS) is 11.4. The lowest BCUT2D eigenvalue weighted by molar-refractivity contribution is 0.0526. The Bertz CT molecular complexity index is 1110. The van der Waals surface area contributed by atoms with Gasteiger partial charge in [0.25, 0.3) is 0 Å². The van der Waals surface area contributed by atoms with E-state index in [1.54, 1.807) is 20.8 Å². The third-order valence-corrected chi connectivity index (χ3v) is 4.31. The molecule has 0 amide bonds. The molecule has 0 saturated carbocycles. The van der Waals surface area contributed by atoms with Crippen molar-refractivity contribution in [2.75, 3.05) is 0 Å². The zero-order valence-electron chi connectivity index (χ0n) is 14.7. The van der Waals surface area contributed by atoms with Gasteiger partial charge < -0.3 is 9.84 Å². The Hall–Kier alpha value is -2.92. The second-order valence-electron chi connectivity index (χ2n) is 6.83. The van der Waals surface area contributed by atoms with Crippen LogP contribution in [0.5, 0.6) is 5.88 Å². The molecule has 0 spiro atoms. The molecule has 8 heteroatoms. The first-order valence-corrected chi connectivity index (χ1v) is 8.74. The highest BCUT2D eigenvalue weighted by molar-refractivity contribution is 9.10. The van der Waals surface area contributed by atoms with Crippen LogP contribution in [0.3, 0.4) is 0 Å². The molecule has 27 heavy (non-hydrogen) atoms. The summed E-state index contributed by atoms with van der Waals surface area (Å²) >= 11 is 3.32. The maximum atomic E-state index is 14.3. The lowest BCUT2D eigenvalue weighted by Gasteiger charge is -2.19. The number of aromatic hydroxyl groups is 1. The van der Waals surface area contributed by atoms with Crippen LogP contribution in [-0.4, -0.2) is 26.4 Å². The van der Waals surface area contributed by atoms with Crippen molar-refractivity contribution in [3.05, 3.63) is 46.3 Å². The first-order valence-electron chi connectivity index (χ1n) is 7.95. The molecule has 3 aromatic rings. The standard InChI is InChI=1S/C19H15BrFN3O3/c1-19(2,3)27-18(26)24-9-14-16(17(24)25)11(20)7-13(23-14)15-10(8-22)5-4-6-12(15)21/h4-7,9,25H,1-3H3. The van der Waals surface area contributed by atoms with Gasteiger partial charge in [-0.05, 0) is 54.9 Å². The van der Waals surface area contributed by atoms with Gasteiger partial charge in [-0.2, -0.15) is 5.26 Å². The summed E-state index contributed by atoms with van der Waals surface area (Å²) in [5.74, 6) is -0.942. The lowest BCUT2D eigenvalue weighted by Crippen LogP contribution is -2.26. The summed E-state index contributed by atoms with van der Waals surface area (Å²) < 4.78 is 20.9. The fourth-order valence-corrected chi connectivity index (χ4v) is 3.20. The number of nitrogens with zero attached hydrogens (tertiary/aromatic N) is 3. The number of hydrogen-bond donors (Lipinski definition) is 1. The van der Waals surface area contributed by atoms with Crippen molar-refractivity contribution < 1.29 is 19.0 Å². The van der Waals surface area contributed by atoms with Gasteiger partial charge in [-0.1, -0.05) is 6.07 Å². The third kappa shape index (κ3) is 3.51. The molecule has 138 valence electrons. The predicted molar refractivity (Wildman–Crippen MR) is 101 cm³/mol. The average Bonchev–Trinajstić information content (AvgIpc) is 2.90. The Morgan fingerprint density at radius 2 is 2.11 bits per heavy atom. The molecule has 0 fully saturated rings. The SMILES string of the molecule is CC(C)(C)OC(=O)n1cc2nc(-c3c(F)cccc3C#N)cc(Br)c2c1O. The van der Waals surface area contributed by atoms with E-state index in [0.29, 0.717) is 4.47 Å². The van der Waals surface area contributed by atoms with E-state index in [-0.39, 0.29) is 33.6 Å². The van der Waals surface area contributed by atoms with E-state index in [1.165, 1.54) is 30.5 Å². The predicted octanol–water partition coefficient (Wildman–Crippen LogP) is 4.97. The molecular weight excluding hydrogens is 417 g/mol. The van der Waals surface area contributed by atoms with Crippen LogP contribution in [0.15, 0.2) is 34.9 Å². The number of pyridine rings is 1. The van der Waals surface area contributed by atoms with Gasteiger partial charge in [0, 0.05) is 10.7 Å². The van der Waals surface area contributed by atoms with Crippen molar-refractivity contribution in [3.8, 4) is 23.2 Å². The second-order valence-corrected chi connectivity index (χ2v) is 7.68. The number of carbonyl (C=O) groups is 1. The van der Waals surface area contributed by atoms with E-state index >= 15 is 0 Å². The average molecular weight is 432 g/mol. The van der Waals surface area contributed by atoms with Crippen LogP contribution >= 0.6 is 15.9 Å². The van der Waals surface area contributed by atoms with Gasteiger partial charge in [-0.3, -0.25) is 0 Å². The number of carbonyl (C=O) groups excluding carboxylic acids is 1. The number of rotatable bonds is 1. The van der Waals surface area contributed by atoms with E-state index in [9.17, 15) is 19.6 Å². The maximum absolute atomic E-state index is 14.3. The van der Waals surface area contributed by atoms with Crippen molar-refractivity contribution in [2.24, 2.45) is 0 Å². The first-order chi connectivity index (χ1) is 12.6. The van der Waals surface area contributed by atoms with Gasteiger partial charge in [0.05, 0.1) is 33.8 Å². The Morgan fingerprint density at radius 3 is 2.74 bits per heavy atom. The number of ether oxygens (including phenoxy) is 1. The van der Waals surface area contributed by atoms with Crippen molar-refractivity contribution in [3.63, 3.8) is 0 Å². The fraction of sp³-hybridized carbons (Fsp3) is 0.211. The highest BCUT2D eigenvalue weighted by atomic mass is 79.9. The summed E-state index contributed by atoms with van der Waals surface area (Å²) in [6.07, 6.45) is 0.537. The zero-order chi connectivity index (χ0) is 19.9. The molecule has 0 radical (unpaired) electrons. The largest absolute Gasteiger partial charge is 0.494 e. The van der Waals surface area contributed by atoms with Crippen LogP contribution in [-0.2, 0) is 4.74 Å². The minimum absolute atomic E-state index is 0.0482. The van der Waals surface area contributed by atoms with Gasteiger partial charge in [0.1, 0.15) is 11.4 Å². The second kappa shape index (κ2) is 6.67. The molecule has 2 aromatic heterocycles. The van der Waals surface area contributed by atoms with Crippen LogP contribution in [0.4, 0.5) is 9.18 Å². The van der Waals surface area contributed by atoms with Gasteiger partial charge >= 0.3 is 6.09 Å². The van der Waals surface area contributed by atoms with E-state index in [4.69, 9.17) is 4.74 Å². The quantitative estimate of drug-likeness (QED) is 0.587. The first kappa shape index (κ1) is 18.9. The Kier molecular flexibility index (Phi) is 4.66. The molecule has 0 aliphatic rings. The number of nitriles is 1. The number of benzene rings is 1. The van der Waals surface area contributed by atoms with Crippen LogP contribution in [0.1, 0.15) is 26.3 Å². The molecule has 1 aromatic carbocycles. The summed E-state index contributed by atoms with van der Waals surface area (Å²) in [6.45, 7) is 5.12. The summed E-state index contributed by atoms with van der Waals surface area (Å²) in [6, 6.07) is 7.59. The summed E-state index contributed by atoms with van der Waals surface area (Å²) in [4.78, 5) is 16.6. The van der Waals surface area contributed by atoms with Crippen LogP contribution in [0.2, 0.25) is 0 Å². The molecule has 0 aliphatic heterocycles. The van der Waals surface area contributed by atoms with E-state index in [1.807, 2.05) is 6.07 Å². The van der Waals surface area contributed by atoms with Crippen molar-refractivity contribution >= 4 is 32.9 Å². The highest BCUT2D eigenvalue weighted by Gasteiger charge is 2.24. The number of aromatic nitrogens is 2. The molecule has 0 atom stereocenters. The maximum Gasteiger partial charge on any atom is 0.421 e. The molecule has 0 aliphatic carbocycles. The van der Waals surface area contributed by atoms with Crippen molar-refractivity contribution in [2.45, 2.75) is 26.4 Å².